The van der Waals surface area contributed by atoms with E-state index in [-0.39, 0.29) is 71.0 Å². The average molecular weight is 1440 g/mol. The van der Waals surface area contributed by atoms with Crippen LogP contribution in [0, 0.1) is 12.3 Å². The van der Waals surface area contributed by atoms with Gasteiger partial charge in [0.2, 0.25) is 17.8 Å². The van der Waals surface area contributed by atoms with E-state index in [4.69, 9.17) is 85.0 Å². The van der Waals surface area contributed by atoms with Gasteiger partial charge in [0.05, 0.1) is 73.6 Å². The topological polar surface area (TPSA) is 318 Å². The molecule has 30 heteroatoms. The number of ketones is 1. The van der Waals surface area contributed by atoms with Crippen molar-refractivity contribution in [1.29, 1.82) is 0 Å². The standard InChI is InChI=1S/C26H28ClN7O2.C22H20ClN7O2.C16H15ClN4O.C6H4ClN3.CH4/c1-3-4-15-36-17(2)19-16-29-26(28)30-23(19)32-13-8-11-21(32)24-31-33-14-12-20(27)22(33)25(35)34(24)18-9-6-5-7-10-18;1-13(31)15-12-25-22(24)26-19(15)28-10-5-8-17(28)20-27-29-11-9-16(23)18(29)21(32)30(20)14-6-3-2-4-7-14;17-12-8-10-20-14(12)16(22)21(11-5-2-1-3-6-11)15(19-20)13-7-4-9-18-13;1-2-4-3-9-6(8)10-5(4)7;/h5-7,9-10,12,14,16,21H,2-4,8,11,13,15H2,1H3,(H2,28,29,30);2-4,6-7,9,11-12,17H,5,8,10H2,1H3,(H2,24,25,26);1-3,5-6,8,10,13,18H,4,7,9H2;1,3H,(H2,8,9,10);1H4/t21-;17-;13-;;/m000../s1. The van der Waals surface area contributed by atoms with Gasteiger partial charge in [-0.15, -0.1) is 6.42 Å². The third kappa shape index (κ3) is 14.9. The van der Waals surface area contributed by atoms with E-state index in [0.29, 0.717) is 108 Å². The van der Waals surface area contributed by atoms with Crippen LogP contribution in [-0.4, -0.2) is 104 Å². The molecule has 7 N–H and O–H groups in total. The summed E-state index contributed by atoms with van der Waals surface area (Å²) in [5, 5.41) is 19.1. The number of nitrogen functional groups attached to an aromatic ring is 3. The number of aromatic nitrogens is 15. The smallest absolute Gasteiger partial charge is 0.284 e. The summed E-state index contributed by atoms with van der Waals surface area (Å²) in [6, 6.07) is 32.9. The first-order valence-corrected chi connectivity index (χ1v) is 33.6. The number of anilines is 5. The number of terminal acetylenes is 1. The van der Waals surface area contributed by atoms with Gasteiger partial charge in [0, 0.05) is 50.3 Å². The second-order valence-corrected chi connectivity index (χ2v) is 25.0. The third-order valence-electron chi connectivity index (χ3n) is 17.0. The number of carbonyl (C=O) groups excluding carboxylic acids is 1. The molecule has 3 fully saturated rings. The molecular formula is C71H71Cl4N21O5. The van der Waals surface area contributed by atoms with Crippen molar-refractivity contribution in [2.45, 2.75) is 90.8 Å². The Hall–Kier alpha value is -11.0. The Bertz CT molecular complexity index is 5240. The molecular weight excluding hydrogens is 1370 g/mol. The summed E-state index contributed by atoms with van der Waals surface area (Å²) in [4.78, 5) is 81.0. The van der Waals surface area contributed by atoms with Crippen LogP contribution in [0.5, 0.6) is 0 Å². The van der Waals surface area contributed by atoms with Gasteiger partial charge in [-0.2, -0.15) is 30.2 Å². The number of para-hydroxylation sites is 3. The number of carbonyl (C=O) groups is 1. The maximum atomic E-state index is 13.7. The Morgan fingerprint density at radius 2 is 1.01 bits per heavy atom. The average Bonchev–Trinajstić information content (AvgIpc) is 1.70. The number of Topliss-reactive ketones (excluding diaryl/α,β-unsaturated/α-hetero) is 1. The summed E-state index contributed by atoms with van der Waals surface area (Å²) in [5.41, 5.74) is 21.2. The quantitative estimate of drug-likeness (QED) is 0.0258. The molecule has 0 amide bonds. The summed E-state index contributed by atoms with van der Waals surface area (Å²) in [6.45, 7) is 10.5. The Morgan fingerprint density at radius 3 is 1.43 bits per heavy atom. The second-order valence-electron chi connectivity index (χ2n) is 23.4. The zero-order valence-corrected chi connectivity index (χ0v) is 57.3. The number of halogens is 4. The van der Waals surface area contributed by atoms with E-state index in [1.165, 1.54) is 23.8 Å². The monoisotopic (exact) mass is 1440 g/mol. The molecule has 3 aliphatic rings. The molecule has 15 rings (SSSR count). The number of hydrogen-bond donors (Lipinski definition) is 4. The molecule has 3 atom stereocenters. The highest BCUT2D eigenvalue weighted by atomic mass is 35.5. The molecule has 0 unspecified atom stereocenters. The summed E-state index contributed by atoms with van der Waals surface area (Å²) in [6.07, 6.45) is 21.8. The largest absolute Gasteiger partial charge is 0.493 e. The van der Waals surface area contributed by atoms with Crippen LogP contribution in [0.1, 0.15) is 130 Å². The lowest BCUT2D eigenvalue weighted by Crippen LogP contribution is -2.34. The highest BCUT2D eigenvalue weighted by molar-refractivity contribution is 6.34. The van der Waals surface area contributed by atoms with Crippen LogP contribution in [-0.2, 0) is 4.74 Å². The minimum Gasteiger partial charge on any atom is -0.493 e. The molecule has 12 heterocycles. The van der Waals surface area contributed by atoms with Crippen LogP contribution < -0.4 is 49.0 Å². The fourth-order valence-electron chi connectivity index (χ4n) is 12.3. The van der Waals surface area contributed by atoms with E-state index in [0.717, 1.165) is 69.4 Å². The van der Waals surface area contributed by atoms with Crippen LogP contribution in [0.15, 0.2) is 167 Å². The number of nitrogens with two attached hydrogens (primary N) is 3. The van der Waals surface area contributed by atoms with Crippen molar-refractivity contribution in [2.75, 3.05) is 53.2 Å². The molecule has 3 saturated heterocycles. The first-order chi connectivity index (χ1) is 48.4. The fraction of sp³-hybridized carbons (Fsp3) is 0.254. The number of rotatable bonds is 14. The van der Waals surface area contributed by atoms with Gasteiger partial charge in [-0.1, -0.05) is 134 Å². The minimum absolute atomic E-state index is 0. The van der Waals surface area contributed by atoms with Crippen LogP contribution >= 0.6 is 46.4 Å². The zero-order valence-electron chi connectivity index (χ0n) is 54.2. The molecule has 0 spiro atoms. The van der Waals surface area contributed by atoms with E-state index in [1.54, 1.807) is 65.7 Å². The van der Waals surface area contributed by atoms with Crippen LogP contribution in [0.2, 0.25) is 20.2 Å². The highest BCUT2D eigenvalue weighted by Gasteiger charge is 2.37. The molecule has 12 aromatic rings. The second kappa shape index (κ2) is 31.5. The normalized spacial score (nSPS) is 15.4. The number of nitrogens with one attached hydrogen (secondary N) is 1. The fourth-order valence-corrected chi connectivity index (χ4v) is 13.2. The number of nitrogens with zero attached hydrogens (tertiary/aromatic N) is 17. The summed E-state index contributed by atoms with van der Waals surface area (Å²) in [5.74, 6) is 5.92. The van der Waals surface area contributed by atoms with Crippen LogP contribution in [0.25, 0.3) is 39.4 Å². The molecule has 101 heavy (non-hydrogen) atoms. The Kier molecular flexibility index (Phi) is 22.2. The maximum Gasteiger partial charge on any atom is 0.284 e. The number of hydrogen-bond acceptors (Lipinski definition) is 20. The Labute approximate surface area is 599 Å². The molecule has 0 bridgehead atoms. The first-order valence-electron chi connectivity index (χ1n) is 32.1. The summed E-state index contributed by atoms with van der Waals surface area (Å²) < 4.78 is 15.4. The molecule has 9 aromatic heterocycles. The molecule has 3 aliphatic heterocycles. The molecule has 26 nitrogen and oxygen atoms in total. The molecule has 518 valence electrons. The highest BCUT2D eigenvalue weighted by Crippen LogP contribution is 2.40. The van der Waals surface area contributed by atoms with E-state index in [2.05, 4.69) is 64.6 Å². The SMILES string of the molecule is C.C#Cc1cnc(N)nc1Cl.C=C(OCCCC)c1cnc(N)nc1N1CCC[C@H]1c1nn2ccc(Cl)c2c(=O)n1-c1ccccc1.CC(=O)c1cnc(N)nc1N1CCC[C@H]1c1nn2ccc(Cl)c2c(=O)n1-c1ccccc1.O=c1c2c(Cl)ccn2nc([C@@H]2CCCN2)n1-c1ccccc1. The van der Waals surface area contributed by atoms with Gasteiger partial charge in [0.15, 0.2) is 23.3 Å². The van der Waals surface area contributed by atoms with Crippen molar-refractivity contribution >= 4 is 104 Å². The Balaban J connectivity index is 0.000000145. The summed E-state index contributed by atoms with van der Waals surface area (Å²) in [7, 11) is 0. The number of unbranched alkanes of at least 4 members (excludes halogenated alkanes) is 1. The van der Waals surface area contributed by atoms with E-state index in [9.17, 15) is 19.2 Å². The lowest BCUT2D eigenvalue weighted by Gasteiger charge is -2.29. The van der Waals surface area contributed by atoms with Gasteiger partial charge in [-0.05, 0) is 113 Å². The van der Waals surface area contributed by atoms with E-state index in [1.807, 2.05) is 95.9 Å². The predicted molar refractivity (Wildman–Crippen MR) is 395 cm³/mol. The zero-order chi connectivity index (χ0) is 70.3. The molecule has 0 radical (unpaired) electrons. The van der Waals surface area contributed by atoms with Crippen LogP contribution in [0.4, 0.5) is 29.5 Å². The van der Waals surface area contributed by atoms with Gasteiger partial charge in [0.1, 0.15) is 39.1 Å². The Morgan fingerprint density at radius 1 is 0.594 bits per heavy atom. The lowest BCUT2D eigenvalue weighted by atomic mass is 10.1. The summed E-state index contributed by atoms with van der Waals surface area (Å²) >= 11 is 24.4. The number of fused-ring (bicyclic) bond motifs is 3. The van der Waals surface area contributed by atoms with Gasteiger partial charge in [-0.3, -0.25) is 32.9 Å². The lowest BCUT2D eigenvalue weighted by molar-refractivity contribution is 0.101. The van der Waals surface area contributed by atoms with Crippen molar-refractivity contribution in [2.24, 2.45) is 0 Å². The van der Waals surface area contributed by atoms with Gasteiger partial charge >= 0.3 is 0 Å². The maximum absolute atomic E-state index is 13.7. The van der Waals surface area contributed by atoms with Crippen molar-refractivity contribution in [3.63, 3.8) is 0 Å². The number of benzene rings is 3. The molecule has 0 aliphatic carbocycles. The van der Waals surface area contributed by atoms with Crippen LogP contribution in [0.3, 0.4) is 0 Å². The van der Waals surface area contributed by atoms with Crippen molar-refractivity contribution in [3.8, 4) is 29.4 Å². The van der Waals surface area contributed by atoms with Crippen molar-refractivity contribution in [1.82, 2.24) is 77.8 Å². The van der Waals surface area contributed by atoms with E-state index < -0.39 is 0 Å². The van der Waals surface area contributed by atoms with Gasteiger partial charge in [0.25, 0.3) is 16.7 Å². The van der Waals surface area contributed by atoms with E-state index >= 15 is 0 Å². The van der Waals surface area contributed by atoms with Crippen molar-refractivity contribution < 1.29 is 9.53 Å². The molecule has 3 aromatic carbocycles. The van der Waals surface area contributed by atoms with Gasteiger partial charge < -0.3 is 37.1 Å². The van der Waals surface area contributed by atoms with Crippen molar-refractivity contribution in [3.05, 3.63) is 238 Å². The first kappa shape index (κ1) is 71.3. The minimum atomic E-state index is -0.305. The molecule has 0 saturated carbocycles. The van der Waals surface area contributed by atoms with Gasteiger partial charge in [-0.25, -0.2) is 28.5 Å². The third-order valence-corrected chi connectivity index (χ3v) is 18.2. The predicted octanol–water partition coefficient (Wildman–Crippen LogP) is 11.6. The number of ether oxygens (including phenoxy) is 1.